The summed E-state index contributed by atoms with van der Waals surface area (Å²) in [4.78, 5) is 2.74. The van der Waals surface area contributed by atoms with E-state index in [1.165, 1.54) is 58.2 Å². The summed E-state index contributed by atoms with van der Waals surface area (Å²) in [5.74, 6) is 1.98. The van der Waals surface area contributed by atoms with Gasteiger partial charge in [0.05, 0.1) is 0 Å². The Hall–Kier alpha value is -0.0800. The molecule has 0 aromatic heterocycles. The van der Waals surface area contributed by atoms with Crippen LogP contribution >= 0.6 is 0 Å². The number of hydrogen-bond donors (Lipinski definition) is 1. The van der Waals surface area contributed by atoms with Crippen LogP contribution in [0, 0.1) is 11.8 Å². The van der Waals surface area contributed by atoms with E-state index >= 15 is 0 Å². The first-order chi connectivity index (χ1) is 7.85. The predicted molar refractivity (Wildman–Crippen MR) is 67.5 cm³/mol. The number of nitrogens with zero attached hydrogens (tertiary/aromatic N) is 1. The topological polar surface area (TPSA) is 15.3 Å². The van der Waals surface area contributed by atoms with E-state index in [4.69, 9.17) is 0 Å². The van der Waals surface area contributed by atoms with Gasteiger partial charge >= 0.3 is 0 Å². The van der Waals surface area contributed by atoms with Crippen LogP contribution in [0.5, 0.6) is 0 Å². The molecule has 3 fully saturated rings. The van der Waals surface area contributed by atoms with Crippen LogP contribution in [0.3, 0.4) is 0 Å². The van der Waals surface area contributed by atoms with Crippen molar-refractivity contribution in [3.8, 4) is 0 Å². The van der Waals surface area contributed by atoms with Crippen molar-refractivity contribution < 1.29 is 0 Å². The molecule has 3 saturated heterocycles. The van der Waals surface area contributed by atoms with Crippen molar-refractivity contribution in [2.45, 2.75) is 57.5 Å². The Kier molecular flexibility index (Phi) is 3.21. The SMILES string of the molecule is CCCC1CCN(CC2CC3CCC2N3)C1. The standard InChI is InChI=1S/C14H26N2/c1-2-3-11-6-7-16(9-11)10-12-8-13-4-5-14(12)15-13/h11-15H,2-10H2,1H3. The summed E-state index contributed by atoms with van der Waals surface area (Å²) in [6, 6.07) is 1.75. The van der Waals surface area contributed by atoms with Crippen LogP contribution in [-0.4, -0.2) is 36.6 Å². The van der Waals surface area contributed by atoms with Crippen LogP contribution in [0.15, 0.2) is 0 Å². The molecule has 3 heterocycles. The van der Waals surface area contributed by atoms with Crippen molar-refractivity contribution >= 4 is 0 Å². The molecule has 3 rings (SSSR count). The number of nitrogens with one attached hydrogen (secondary N) is 1. The molecule has 0 radical (unpaired) electrons. The molecule has 4 unspecified atom stereocenters. The minimum absolute atomic E-state index is 0.871. The maximum Gasteiger partial charge on any atom is 0.0111 e. The van der Waals surface area contributed by atoms with Gasteiger partial charge in [-0.05, 0) is 50.5 Å². The molecule has 92 valence electrons. The van der Waals surface area contributed by atoms with Gasteiger partial charge < -0.3 is 10.2 Å². The third kappa shape index (κ3) is 2.14. The summed E-state index contributed by atoms with van der Waals surface area (Å²) in [5.41, 5.74) is 0. The van der Waals surface area contributed by atoms with Gasteiger partial charge in [0, 0.05) is 25.2 Å². The molecule has 0 spiro atoms. The highest BCUT2D eigenvalue weighted by atomic mass is 15.2. The maximum absolute atomic E-state index is 3.76. The fourth-order valence-corrected chi connectivity index (χ4v) is 4.19. The van der Waals surface area contributed by atoms with Crippen molar-refractivity contribution in [2.24, 2.45) is 11.8 Å². The molecule has 0 amide bonds. The first-order valence-electron chi connectivity index (χ1n) is 7.33. The summed E-state index contributed by atoms with van der Waals surface area (Å²) in [6.45, 7) is 6.47. The van der Waals surface area contributed by atoms with E-state index < -0.39 is 0 Å². The smallest absolute Gasteiger partial charge is 0.0111 e. The van der Waals surface area contributed by atoms with Crippen LogP contribution in [0.2, 0.25) is 0 Å². The van der Waals surface area contributed by atoms with E-state index in [2.05, 4.69) is 17.1 Å². The zero-order valence-electron chi connectivity index (χ0n) is 10.6. The van der Waals surface area contributed by atoms with E-state index in [0.29, 0.717) is 0 Å². The predicted octanol–water partition coefficient (Wildman–Crippen LogP) is 2.25. The van der Waals surface area contributed by atoms with Gasteiger partial charge in [-0.1, -0.05) is 13.3 Å². The summed E-state index contributed by atoms with van der Waals surface area (Å²) in [6.07, 6.45) is 8.63. The van der Waals surface area contributed by atoms with Crippen molar-refractivity contribution in [2.75, 3.05) is 19.6 Å². The molecule has 4 atom stereocenters. The lowest BCUT2D eigenvalue weighted by atomic mass is 9.89. The second-order valence-electron chi connectivity index (χ2n) is 6.25. The van der Waals surface area contributed by atoms with E-state index in [9.17, 15) is 0 Å². The molecule has 0 saturated carbocycles. The number of rotatable bonds is 4. The van der Waals surface area contributed by atoms with Gasteiger partial charge in [-0.2, -0.15) is 0 Å². The third-order valence-corrected chi connectivity index (χ3v) is 4.99. The van der Waals surface area contributed by atoms with Gasteiger partial charge in [-0.15, -0.1) is 0 Å². The van der Waals surface area contributed by atoms with Crippen molar-refractivity contribution in [3.05, 3.63) is 0 Å². The van der Waals surface area contributed by atoms with Crippen molar-refractivity contribution in [3.63, 3.8) is 0 Å². The van der Waals surface area contributed by atoms with Crippen LogP contribution in [0.1, 0.15) is 45.4 Å². The zero-order valence-corrected chi connectivity index (χ0v) is 10.6. The molecular weight excluding hydrogens is 196 g/mol. The Bertz CT molecular complexity index is 241. The largest absolute Gasteiger partial charge is 0.311 e. The van der Waals surface area contributed by atoms with E-state index in [1.54, 1.807) is 0 Å². The first kappa shape index (κ1) is 11.0. The number of hydrogen-bond acceptors (Lipinski definition) is 2. The lowest BCUT2D eigenvalue weighted by molar-refractivity contribution is 0.241. The van der Waals surface area contributed by atoms with Crippen LogP contribution in [0.4, 0.5) is 0 Å². The summed E-state index contributed by atoms with van der Waals surface area (Å²) in [7, 11) is 0. The van der Waals surface area contributed by atoms with Gasteiger partial charge in [0.2, 0.25) is 0 Å². The molecule has 2 heteroatoms. The molecule has 2 nitrogen and oxygen atoms in total. The Morgan fingerprint density at radius 2 is 2.19 bits per heavy atom. The molecule has 1 N–H and O–H groups in total. The normalized spacial score (nSPS) is 43.3. The summed E-state index contributed by atoms with van der Waals surface area (Å²) >= 11 is 0. The van der Waals surface area contributed by atoms with Gasteiger partial charge in [0.1, 0.15) is 0 Å². The Labute approximate surface area is 99.8 Å². The monoisotopic (exact) mass is 222 g/mol. The van der Waals surface area contributed by atoms with Gasteiger partial charge in [-0.25, -0.2) is 0 Å². The molecule has 16 heavy (non-hydrogen) atoms. The number of fused-ring (bicyclic) bond motifs is 2. The van der Waals surface area contributed by atoms with Gasteiger partial charge in [0.15, 0.2) is 0 Å². The second-order valence-corrected chi connectivity index (χ2v) is 6.25. The highest BCUT2D eigenvalue weighted by molar-refractivity contribution is 4.98. The zero-order chi connectivity index (χ0) is 11.0. The highest BCUT2D eigenvalue weighted by Crippen LogP contribution is 2.34. The van der Waals surface area contributed by atoms with Gasteiger partial charge in [0.25, 0.3) is 0 Å². The molecular formula is C14H26N2. The summed E-state index contributed by atoms with van der Waals surface area (Å²) in [5, 5.41) is 3.76. The fourth-order valence-electron chi connectivity index (χ4n) is 4.19. The Balaban J connectivity index is 1.46. The van der Waals surface area contributed by atoms with Crippen LogP contribution in [-0.2, 0) is 0 Å². The van der Waals surface area contributed by atoms with E-state index in [-0.39, 0.29) is 0 Å². The molecule has 3 aliphatic rings. The molecule has 0 aromatic carbocycles. The van der Waals surface area contributed by atoms with E-state index in [1.807, 2.05) is 0 Å². The maximum atomic E-state index is 3.76. The van der Waals surface area contributed by atoms with E-state index in [0.717, 1.165) is 23.9 Å². The molecule has 0 aliphatic carbocycles. The summed E-state index contributed by atoms with van der Waals surface area (Å²) < 4.78 is 0. The third-order valence-electron chi connectivity index (χ3n) is 4.99. The van der Waals surface area contributed by atoms with Gasteiger partial charge in [-0.3, -0.25) is 0 Å². The minimum Gasteiger partial charge on any atom is -0.311 e. The highest BCUT2D eigenvalue weighted by Gasteiger charge is 2.40. The Morgan fingerprint density at radius 1 is 1.25 bits per heavy atom. The average Bonchev–Trinajstić information content (AvgIpc) is 2.95. The lowest BCUT2D eigenvalue weighted by Crippen LogP contribution is -2.34. The minimum atomic E-state index is 0.871. The first-order valence-corrected chi connectivity index (χ1v) is 7.33. The average molecular weight is 222 g/mol. The second kappa shape index (κ2) is 4.66. The van der Waals surface area contributed by atoms with Crippen LogP contribution in [0.25, 0.3) is 0 Å². The Morgan fingerprint density at radius 3 is 2.88 bits per heavy atom. The fraction of sp³-hybridized carbons (Fsp3) is 1.00. The van der Waals surface area contributed by atoms with Crippen LogP contribution < -0.4 is 5.32 Å². The lowest BCUT2D eigenvalue weighted by Gasteiger charge is -2.26. The quantitative estimate of drug-likeness (QED) is 0.785. The number of likely N-dealkylation sites (tertiary alicyclic amines) is 1. The molecule has 3 aliphatic heterocycles. The van der Waals surface area contributed by atoms with Crippen molar-refractivity contribution in [1.82, 2.24) is 10.2 Å². The van der Waals surface area contributed by atoms with Crippen molar-refractivity contribution in [1.29, 1.82) is 0 Å². The molecule has 0 aromatic rings. The molecule has 2 bridgehead atoms.